The van der Waals surface area contributed by atoms with Gasteiger partial charge < -0.3 is 4.74 Å². The van der Waals surface area contributed by atoms with Gasteiger partial charge in [0.05, 0.1) is 20.0 Å². The fourth-order valence-corrected chi connectivity index (χ4v) is 2.88. The second-order valence-electron chi connectivity index (χ2n) is 2.88. The van der Waals surface area contributed by atoms with Crippen molar-refractivity contribution in [2.24, 2.45) is 0 Å². The zero-order chi connectivity index (χ0) is 13.2. The molecule has 0 fully saturated rings. The highest BCUT2D eigenvalue weighted by Crippen LogP contribution is 2.35. The molecule has 1 rings (SSSR count). The highest BCUT2D eigenvalue weighted by molar-refractivity contribution is 14.1. The van der Waals surface area contributed by atoms with Crippen molar-refractivity contribution in [2.75, 3.05) is 6.61 Å². The molecule has 0 saturated heterocycles. The lowest BCUT2D eigenvalue weighted by Crippen LogP contribution is -2.02. The second kappa shape index (κ2) is 5.36. The Kier molecular flexibility index (Phi) is 4.55. The van der Waals surface area contributed by atoms with Gasteiger partial charge in [-0.05, 0) is 35.6 Å². The van der Waals surface area contributed by atoms with E-state index in [0.29, 0.717) is 3.57 Å². The molecule has 1 aromatic rings. The lowest BCUT2D eigenvalue weighted by Gasteiger charge is -2.07. The number of hydrogen-bond donors (Lipinski definition) is 0. The molecule has 1 aromatic carbocycles. The number of rotatable bonds is 4. The average molecular weight is 392 g/mol. The minimum atomic E-state index is -4.01. The molecule has 0 aliphatic carbocycles. The van der Waals surface area contributed by atoms with Crippen LogP contribution in [0.1, 0.15) is 6.92 Å². The Labute approximate surface area is 116 Å². The van der Waals surface area contributed by atoms with E-state index in [1.54, 1.807) is 29.5 Å². The standard InChI is InChI=1S/C8H7ClINO5S/c1-2-16-8-6(10)3-5(17(9,14)15)4-7(8)11(12)13/h3-4H,2H2,1H3. The van der Waals surface area contributed by atoms with Crippen LogP contribution in [0.15, 0.2) is 17.0 Å². The molecule has 0 saturated carbocycles. The smallest absolute Gasteiger partial charge is 0.313 e. The van der Waals surface area contributed by atoms with E-state index in [0.717, 1.165) is 6.07 Å². The molecule has 0 unspecified atom stereocenters. The minimum Gasteiger partial charge on any atom is -0.486 e. The maximum absolute atomic E-state index is 11.1. The van der Waals surface area contributed by atoms with E-state index < -0.39 is 19.7 Å². The van der Waals surface area contributed by atoms with Gasteiger partial charge in [0.15, 0.2) is 0 Å². The van der Waals surface area contributed by atoms with Crippen LogP contribution in [0.5, 0.6) is 5.75 Å². The van der Waals surface area contributed by atoms with Gasteiger partial charge in [-0.15, -0.1) is 0 Å². The van der Waals surface area contributed by atoms with Crippen LogP contribution in [0.2, 0.25) is 0 Å². The summed E-state index contributed by atoms with van der Waals surface area (Å²) in [6.07, 6.45) is 0. The quantitative estimate of drug-likeness (QED) is 0.341. The SMILES string of the molecule is CCOc1c(I)cc(S(=O)(=O)Cl)cc1[N+](=O)[O-]. The summed E-state index contributed by atoms with van der Waals surface area (Å²) in [5.41, 5.74) is -0.419. The number of benzene rings is 1. The molecule has 94 valence electrons. The monoisotopic (exact) mass is 391 g/mol. The molecule has 0 N–H and O–H groups in total. The van der Waals surface area contributed by atoms with Crippen molar-refractivity contribution in [3.63, 3.8) is 0 Å². The molecule has 17 heavy (non-hydrogen) atoms. The van der Waals surface area contributed by atoms with E-state index in [9.17, 15) is 18.5 Å². The number of nitro groups is 1. The van der Waals surface area contributed by atoms with Gasteiger partial charge in [-0.3, -0.25) is 10.1 Å². The molecule has 0 atom stereocenters. The van der Waals surface area contributed by atoms with Gasteiger partial charge in [0.2, 0.25) is 5.75 Å². The lowest BCUT2D eigenvalue weighted by molar-refractivity contribution is -0.386. The number of nitro benzene ring substituents is 1. The number of ether oxygens (including phenoxy) is 1. The molecular formula is C8H7ClINO5S. The van der Waals surface area contributed by atoms with Gasteiger partial charge >= 0.3 is 5.69 Å². The topological polar surface area (TPSA) is 86.5 Å². The first-order valence-electron chi connectivity index (χ1n) is 4.32. The molecule has 6 nitrogen and oxygen atoms in total. The Morgan fingerprint density at radius 2 is 2.12 bits per heavy atom. The normalized spacial score (nSPS) is 11.2. The molecule has 0 radical (unpaired) electrons. The average Bonchev–Trinajstić information content (AvgIpc) is 2.18. The molecule has 0 spiro atoms. The summed E-state index contributed by atoms with van der Waals surface area (Å²) in [5, 5.41) is 10.8. The highest BCUT2D eigenvalue weighted by Gasteiger charge is 2.24. The summed E-state index contributed by atoms with van der Waals surface area (Å²) in [7, 11) is 1.14. The molecule has 0 aliphatic rings. The Bertz CT molecular complexity index is 559. The van der Waals surface area contributed by atoms with E-state index in [1.165, 1.54) is 6.07 Å². The van der Waals surface area contributed by atoms with E-state index in [-0.39, 0.29) is 17.3 Å². The third-order valence-corrected chi connectivity index (χ3v) is 3.90. The largest absolute Gasteiger partial charge is 0.486 e. The van der Waals surface area contributed by atoms with Crippen molar-refractivity contribution in [1.82, 2.24) is 0 Å². The summed E-state index contributed by atoms with van der Waals surface area (Å²) in [6.45, 7) is 1.91. The maximum atomic E-state index is 11.1. The van der Waals surface area contributed by atoms with Gasteiger partial charge in [-0.1, -0.05) is 0 Å². The van der Waals surface area contributed by atoms with E-state index >= 15 is 0 Å². The Morgan fingerprint density at radius 3 is 2.53 bits per heavy atom. The van der Waals surface area contributed by atoms with Crippen molar-refractivity contribution in [3.05, 3.63) is 25.8 Å². The van der Waals surface area contributed by atoms with Crippen molar-refractivity contribution in [3.8, 4) is 5.75 Å². The molecule has 0 amide bonds. The molecule has 0 heterocycles. The molecule has 0 bridgehead atoms. The lowest BCUT2D eigenvalue weighted by atomic mass is 10.3. The summed E-state index contributed by atoms with van der Waals surface area (Å²) in [4.78, 5) is 9.78. The van der Waals surface area contributed by atoms with Gasteiger partial charge in [0, 0.05) is 16.7 Å². The summed E-state index contributed by atoms with van der Waals surface area (Å²) < 4.78 is 27.7. The zero-order valence-corrected chi connectivity index (χ0v) is 12.2. The third kappa shape index (κ3) is 3.42. The van der Waals surface area contributed by atoms with Gasteiger partial charge in [-0.25, -0.2) is 8.42 Å². The minimum absolute atomic E-state index is 0.0437. The Morgan fingerprint density at radius 1 is 1.53 bits per heavy atom. The molecular weight excluding hydrogens is 385 g/mol. The Balaban J connectivity index is 3.52. The first-order chi connectivity index (χ1) is 7.77. The summed E-state index contributed by atoms with van der Waals surface area (Å²) in [6, 6.07) is 2.11. The first-order valence-corrected chi connectivity index (χ1v) is 7.71. The third-order valence-electron chi connectivity index (χ3n) is 1.76. The van der Waals surface area contributed by atoms with Crippen molar-refractivity contribution in [1.29, 1.82) is 0 Å². The van der Waals surface area contributed by atoms with Gasteiger partial charge in [-0.2, -0.15) is 0 Å². The molecule has 0 aliphatic heterocycles. The number of hydrogen-bond acceptors (Lipinski definition) is 5. The maximum Gasteiger partial charge on any atom is 0.313 e. The van der Waals surface area contributed by atoms with Crippen LogP contribution in [0.4, 0.5) is 5.69 Å². The van der Waals surface area contributed by atoms with Crippen molar-refractivity contribution in [2.45, 2.75) is 11.8 Å². The first kappa shape index (κ1) is 14.5. The van der Waals surface area contributed by atoms with E-state index in [1.807, 2.05) is 0 Å². The second-order valence-corrected chi connectivity index (χ2v) is 6.61. The van der Waals surface area contributed by atoms with Crippen LogP contribution in [0.25, 0.3) is 0 Å². The van der Waals surface area contributed by atoms with Crippen LogP contribution >= 0.6 is 33.3 Å². The zero-order valence-electron chi connectivity index (χ0n) is 8.51. The van der Waals surface area contributed by atoms with Gasteiger partial charge in [0.1, 0.15) is 0 Å². The fourth-order valence-electron chi connectivity index (χ4n) is 1.12. The van der Waals surface area contributed by atoms with E-state index in [4.69, 9.17) is 15.4 Å². The number of nitrogens with zero attached hydrogens (tertiary/aromatic N) is 1. The molecule has 9 heteroatoms. The van der Waals surface area contributed by atoms with Gasteiger partial charge in [0.25, 0.3) is 9.05 Å². The van der Waals surface area contributed by atoms with Crippen LogP contribution in [0.3, 0.4) is 0 Å². The summed E-state index contributed by atoms with van der Waals surface area (Å²) in [5.74, 6) is 0.0437. The van der Waals surface area contributed by atoms with Crippen LogP contribution in [-0.2, 0) is 9.05 Å². The fraction of sp³-hybridized carbons (Fsp3) is 0.250. The van der Waals surface area contributed by atoms with Crippen molar-refractivity contribution >= 4 is 48.0 Å². The van der Waals surface area contributed by atoms with Crippen LogP contribution < -0.4 is 4.74 Å². The molecule has 0 aromatic heterocycles. The predicted octanol–water partition coefficient (Wildman–Crippen LogP) is 2.53. The highest BCUT2D eigenvalue weighted by atomic mass is 127. The number of halogens is 2. The summed E-state index contributed by atoms with van der Waals surface area (Å²) >= 11 is 1.76. The van der Waals surface area contributed by atoms with Crippen molar-refractivity contribution < 1.29 is 18.1 Å². The predicted molar refractivity (Wildman–Crippen MR) is 70.0 cm³/mol. The van der Waals surface area contributed by atoms with Crippen LogP contribution in [0, 0.1) is 13.7 Å². The Hall–Kier alpha value is -0.610. The van der Waals surface area contributed by atoms with Crippen LogP contribution in [-0.4, -0.2) is 19.9 Å². The van der Waals surface area contributed by atoms with E-state index in [2.05, 4.69) is 0 Å².